The Labute approximate surface area is 100 Å². The number of nitrogens with one attached hydrogen (secondary N) is 1. The summed E-state index contributed by atoms with van der Waals surface area (Å²) in [5.41, 5.74) is 2.57. The van der Waals surface area contributed by atoms with Gasteiger partial charge < -0.3 is 10.4 Å². The van der Waals surface area contributed by atoms with Gasteiger partial charge in [0, 0.05) is 12.5 Å². The summed E-state index contributed by atoms with van der Waals surface area (Å²) in [6, 6.07) is 5.95. The van der Waals surface area contributed by atoms with Crippen LogP contribution in [0.5, 0.6) is 5.75 Å². The van der Waals surface area contributed by atoms with Gasteiger partial charge in [-0.15, -0.1) is 17.0 Å². The molecule has 2 nitrogen and oxygen atoms in total. The van der Waals surface area contributed by atoms with Gasteiger partial charge in [0.2, 0.25) is 0 Å². The maximum absolute atomic E-state index is 9.76. The first-order valence-corrected chi connectivity index (χ1v) is 5.38. The largest absolute Gasteiger partial charge is 0.508 e. The summed E-state index contributed by atoms with van der Waals surface area (Å²) in [6.07, 6.45) is 2.27. The zero-order valence-corrected chi connectivity index (χ0v) is 10.3. The van der Waals surface area contributed by atoms with Crippen molar-refractivity contribution in [1.82, 2.24) is 5.32 Å². The molecule has 0 radical (unpaired) electrons. The second kappa shape index (κ2) is 4.14. The average Bonchev–Trinajstić information content (AvgIpc) is 2.66. The van der Waals surface area contributed by atoms with Gasteiger partial charge in [0.1, 0.15) is 5.75 Å². The molecule has 1 aliphatic heterocycles. The van der Waals surface area contributed by atoms with Crippen molar-refractivity contribution in [1.29, 1.82) is 0 Å². The zero-order valence-electron chi connectivity index (χ0n) is 8.57. The highest BCUT2D eigenvalue weighted by atomic mass is 79.9. The predicted octanol–water partition coefficient (Wildman–Crippen LogP) is 2.22. The topological polar surface area (TPSA) is 32.3 Å². The Morgan fingerprint density at radius 1 is 1.27 bits per heavy atom. The van der Waals surface area contributed by atoms with Crippen LogP contribution in [-0.4, -0.2) is 18.2 Å². The third-order valence-electron chi connectivity index (χ3n) is 3.69. The van der Waals surface area contributed by atoms with Gasteiger partial charge in [-0.1, -0.05) is 12.1 Å². The summed E-state index contributed by atoms with van der Waals surface area (Å²) in [6.45, 7) is 2.24. The molecule has 1 aromatic carbocycles. The second-order valence-corrected chi connectivity index (χ2v) is 4.41. The molecule has 2 atom stereocenters. The quantitative estimate of drug-likeness (QED) is 0.757. The Morgan fingerprint density at radius 3 is 3.00 bits per heavy atom. The van der Waals surface area contributed by atoms with Crippen molar-refractivity contribution < 1.29 is 5.11 Å². The fourth-order valence-electron chi connectivity index (χ4n) is 2.94. The molecule has 1 heterocycles. The van der Waals surface area contributed by atoms with Crippen molar-refractivity contribution in [3.63, 3.8) is 0 Å². The molecule has 0 amide bonds. The summed E-state index contributed by atoms with van der Waals surface area (Å²) in [4.78, 5) is 0. The Balaban J connectivity index is 0.000000853. The summed E-state index contributed by atoms with van der Waals surface area (Å²) >= 11 is 0. The molecule has 0 spiro atoms. The minimum absolute atomic E-state index is 0. The highest BCUT2D eigenvalue weighted by Gasteiger charge is 2.33. The van der Waals surface area contributed by atoms with Gasteiger partial charge in [0.25, 0.3) is 0 Å². The molecule has 1 fully saturated rings. The predicted molar refractivity (Wildman–Crippen MR) is 65.9 cm³/mol. The number of hydrogen-bond acceptors (Lipinski definition) is 2. The van der Waals surface area contributed by atoms with Crippen molar-refractivity contribution in [2.75, 3.05) is 13.1 Å². The number of halogens is 1. The second-order valence-electron chi connectivity index (χ2n) is 4.41. The SMILES string of the molecule is Br.Oc1cccc2c1CC[C@H]1CNC[C@@H]21. The minimum atomic E-state index is 0. The van der Waals surface area contributed by atoms with Crippen LogP contribution in [0.4, 0.5) is 0 Å². The van der Waals surface area contributed by atoms with E-state index in [0.717, 1.165) is 25.4 Å². The summed E-state index contributed by atoms with van der Waals surface area (Å²) in [5, 5.41) is 13.2. The van der Waals surface area contributed by atoms with Gasteiger partial charge in [0.15, 0.2) is 0 Å². The molecule has 2 N–H and O–H groups in total. The first kappa shape index (κ1) is 11.0. The number of phenolic OH excluding ortho intramolecular Hbond substituents is 1. The van der Waals surface area contributed by atoms with Crippen LogP contribution < -0.4 is 5.32 Å². The van der Waals surface area contributed by atoms with Gasteiger partial charge in [-0.25, -0.2) is 0 Å². The molecular weight excluding hydrogens is 254 g/mol. The monoisotopic (exact) mass is 269 g/mol. The van der Waals surface area contributed by atoms with Crippen LogP contribution in [0.3, 0.4) is 0 Å². The lowest BCUT2D eigenvalue weighted by Crippen LogP contribution is -2.18. The number of rotatable bonds is 0. The van der Waals surface area contributed by atoms with E-state index in [0.29, 0.717) is 11.7 Å². The van der Waals surface area contributed by atoms with E-state index < -0.39 is 0 Å². The average molecular weight is 270 g/mol. The van der Waals surface area contributed by atoms with Crippen molar-refractivity contribution in [3.8, 4) is 5.75 Å². The van der Waals surface area contributed by atoms with Gasteiger partial charge in [0.05, 0.1) is 0 Å². The van der Waals surface area contributed by atoms with Gasteiger partial charge in [-0.3, -0.25) is 0 Å². The summed E-state index contributed by atoms with van der Waals surface area (Å²) in [5.74, 6) is 1.93. The van der Waals surface area contributed by atoms with Crippen molar-refractivity contribution in [2.45, 2.75) is 18.8 Å². The third-order valence-corrected chi connectivity index (χ3v) is 3.69. The van der Waals surface area contributed by atoms with Crippen LogP contribution >= 0.6 is 17.0 Å². The molecule has 1 aromatic rings. The van der Waals surface area contributed by atoms with Crippen LogP contribution in [0.15, 0.2) is 18.2 Å². The maximum Gasteiger partial charge on any atom is 0.119 e. The van der Waals surface area contributed by atoms with Crippen molar-refractivity contribution in [3.05, 3.63) is 29.3 Å². The van der Waals surface area contributed by atoms with Crippen molar-refractivity contribution in [2.24, 2.45) is 5.92 Å². The van der Waals surface area contributed by atoms with Crippen LogP contribution in [0.2, 0.25) is 0 Å². The van der Waals surface area contributed by atoms with Crippen LogP contribution in [0.25, 0.3) is 0 Å². The molecule has 1 saturated heterocycles. The molecule has 0 unspecified atom stereocenters. The number of hydrogen-bond donors (Lipinski definition) is 2. The molecule has 82 valence electrons. The Hall–Kier alpha value is -0.540. The van der Waals surface area contributed by atoms with E-state index in [9.17, 15) is 5.11 Å². The molecule has 0 bridgehead atoms. The maximum atomic E-state index is 9.76. The lowest BCUT2D eigenvalue weighted by atomic mass is 9.77. The van der Waals surface area contributed by atoms with Crippen LogP contribution in [-0.2, 0) is 6.42 Å². The lowest BCUT2D eigenvalue weighted by molar-refractivity contribution is 0.422. The van der Waals surface area contributed by atoms with E-state index in [1.165, 1.54) is 17.5 Å². The van der Waals surface area contributed by atoms with E-state index in [2.05, 4.69) is 11.4 Å². The molecule has 2 aliphatic rings. The normalized spacial score (nSPS) is 27.7. The lowest BCUT2D eigenvalue weighted by Gasteiger charge is -2.27. The first-order chi connectivity index (χ1) is 6.86. The van der Waals surface area contributed by atoms with E-state index >= 15 is 0 Å². The first-order valence-electron chi connectivity index (χ1n) is 5.38. The molecule has 0 saturated carbocycles. The Kier molecular flexibility index (Phi) is 3.03. The summed E-state index contributed by atoms with van der Waals surface area (Å²) < 4.78 is 0. The molecule has 0 aromatic heterocycles. The zero-order chi connectivity index (χ0) is 9.54. The summed E-state index contributed by atoms with van der Waals surface area (Å²) in [7, 11) is 0. The number of aromatic hydroxyl groups is 1. The van der Waals surface area contributed by atoms with Crippen LogP contribution in [0, 0.1) is 5.92 Å². The van der Waals surface area contributed by atoms with E-state index in [-0.39, 0.29) is 17.0 Å². The van der Waals surface area contributed by atoms with E-state index in [1.807, 2.05) is 12.1 Å². The fraction of sp³-hybridized carbons (Fsp3) is 0.500. The standard InChI is InChI=1S/C12H15NO.BrH/c14-12-3-1-2-9-10(12)5-4-8-6-13-7-11(8)9;/h1-3,8,11,13-14H,4-7H2;1H/t8-,11+;/m0./s1. The Morgan fingerprint density at radius 2 is 2.13 bits per heavy atom. The highest BCUT2D eigenvalue weighted by molar-refractivity contribution is 8.93. The van der Waals surface area contributed by atoms with E-state index in [1.54, 1.807) is 0 Å². The van der Waals surface area contributed by atoms with E-state index in [4.69, 9.17) is 0 Å². The Bertz CT molecular complexity index is 367. The third kappa shape index (κ3) is 1.68. The molecular formula is C12H16BrNO. The molecule has 3 heteroatoms. The van der Waals surface area contributed by atoms with Crippen LogP contribution in [0.1, 0.15) is 23.5 Å². The number of benzene rings is 1. The molecule has 1 aliphatic carbocycles. The smallest absolute Gasteiger partial charge is 0.119 e. The van der Waals surface area contributed by atoms with Gasteiger partial charge >= 0.3 is 0 Å². The number of fused-ring (bicyclic) bond motifs is 3. The fourth-order valence-corrected chi connectivity index (χ4v) is 2.94. The van der Waals surface area contributed by atoms with Gasteiger partial charge in [-0.2, -0.15) is 0 Å². The number of phenols is 1. The van der Waals surface area contributed by atoms with Gasteiger partial charge in [-0.05, 0) is 42.5 Å². The molecule has 3 rings (SSSR count). The molecule has 15 heavy (non-hydrogen) atoms. The van der Waals surface area contributed by atoms with Crippen molar-refractivity contribution >= 4 is 17.0 Å². The highest BCUT2D eigenvalue weighted by Crippen LogP contribution is 2.41. The minimum Gasteiger partial charge on any atom is -0.508 e.